The lowest BCUT2D eigenvalue weighted by atomic mass is 10.1. The normalized spacial score (nSPS) is 11.3. The fourth-order valence-corrected chi connectivity index (χ4v) is 1.41. The maximum absolute atomic E-state index is 10.7. The van der Waals surface area contributed by atoms with Crippen LogP contribution in [-0.2, 0) is 11.3 Å². The Labute approximate surface area is 109 Å². The molecule has 18 heavy (non-hydrogen) atoms. The van der Waals surface area contributed by atoms with Crippen molar-refractivity contribution in [2.24, 2.45) is 5.73 Å². The number of para-hydroxylation sites is 1. The maximum atomic E-state index is 10.7. The summed E-state index contributed by atoms with van der Waals surface area (Å²) in [6.45, 7) is 7.40. The number of ether oxygens (including phenoxy) is 1. The largest absolute Gasteiger partial charge is 0.493 e. The molecule has 0 aromatic heterocycles. The summed E-state index contributed by atoms with van der Waals surface area (Å²) in [5.41, 5.74) is 6.22. The molecule has 0 spiro atoms. The van der Waals surface area contributed by atoms with Crippen LogP contribution in [-0.4, -0.2) is 18.1 Å². The van der Waals surface area contributed by atoms with Gasteiger partial charge in [-0.05, 0) is 26.8 Å². The first-order valence-corrected chi connectivity index (χ1v) is 6.12. The van der Waals surface area contributed by atoms with Gasteiger partial charge in [0.25, 0.3) is 0 Å². The van der Waals surface area contributed by atoms with Crippen molar-refractivity contribution >= 4 is 5.91 Å². The zero-order valence-electron chi connectivity index (χ0n) is 11.3. The Morgan fingerprint density at radius 3 is 2.61 bits per heavy atom. The number of rotatable bonds is 6. The number of nitrogens with one attached hydrogen (secondary N) is 1. The van der Waals surface area contributed by atoms with E-state index in [1.807, 2.05) is 24.3 Å². The summed E-state index contributed by atoms with van der Waals surface area (Å²) in [7, 11) is 0. The molecule has 0 fully saturated rings. The highest BCUT2D eigenvalue weighted by Crippen LogP contribution is 2.18. The van der Waals surface area contributed by atoms with Gasteiger partial charge in [0.1, 0.15) is 5.75 Å². The van der Waals surface area contributed by atoms with Crippen LogP contribution in [0.1, 0.15) is 32.8 Å². The first-order chi connectivity index (χ1) is 8.38. The van der Waals surface area contributed by atoms with E-state index in [9.17, 15) is 4.79 Å². The van der Waals surface area contributed by atoms with E-state index in [2.05, 4.69) is 26.1 Å². The molecule has 0 unspecified atom stereocenters. The Bertz CT molecular complexity index is 397. The summed E-state index contributed by atoms with van der Waals surface area (Å²) >= 11 is 0. The van der Waals surface area contributed by atoms with Gasteiger partial charge in [0.2, 0.25) is 5.91 Å². The average Bonchev–Trinajstić information content (AvgIpc) is 2.26. The third-order valence-electron chi connectivity index (χ3n) is 2.39. The molecule has 4 nitrogen and oxygen atoms in total. The van der Waals surface area contributed by atoms with Crippen molar-refractivity contribution in [1.29, 1.82) is 0 Å². The van der Waals surface area contributed by atoms with Crippen molar-refractivity contribution in [3.8, 4) is 5.75 Å². The number of hydrogen-bond donors (Lipinski definition) is 2. The van der Waals surface area contributed by atoms with Crippen LogP contribution in [0.3, 0.4) is 0 Å². The van der Waals surface area contributed by atoms with E-state index in [-0.39, 0.29) is 17.9 Å². The van der Waals surface area contributed by atoms with Crippen molar-refractivity contribution in [2.45, 2.75) is 39.3 Å². The van der Waals surface area contributed by atoms with Gasteiger partial charge in [0.05, 0.1) is 13.0 Å². The molecule has 0 aliphatic heterocycles. The first-order valence-electron chi connectivity index (χ1n) is 6.12. The monoisotopic (exact) mass is 250 g/mol. The fourth-order valence-electron chi connectivity index (χ4n) is 1.41. The summed E-state index contributed by atoms with van der Waals surface area (Å²) in [6, 6.07) is 7.81. The van der Waals surface area contributed by atoms with Crippen molar-refractivity contribution in [3.05, 3.63) is 29.8 Å². The highest BCUT2D eigenvalue weighted by molar-refractivity contribution is 5.73. The van der Waals surface area contributed by atoms with Crippen LogP contribution in [0.5, 0.6) is 5.75 Å². The van der Waals surface area contributed by atoms with Crippen LogP contribution in [0.2, 0.25) is 0 Å². The highest BCUT2D eigenvalue weighted by atomic mass is 16.5. The minimum Gasteiger partial charge on any atom is -0.493 e. The molecule has 1 amide bonds. The van der Waals surface area contributed by atoms with E-state index in [0.29, 0.717) is 6.61 Å². The predicted molar refractivity (Wildman–Crippen MR) is 72.3 cm³/mol. The molecule has 1 aromatic rings. The van der Waals surface area contributed by atoms with E-state index in [1.165, 1.54) is 0 Å². The molecule has 4 heteroatoms. The van der Waals surface area contributed by atoms with Crippen molar-refractivity contribution in [2.75, 3.05) is 6.61 Å². The minimum absolute atomic E-state index is 0.0559. The van der Waals surface area contributed by atoms with Crippen LogP contribution in [0.25, 0.3) is 0 Å². The third-order valence-corrected chi connectivity index (χ3v) is 2.39. The summed E-state index contributed by atoms with van der Waals surface area (Å²) in [5.74, 6) is 0.454. The van der Waals surface area contributed by atoms with Crippen LogP contribution in [0.15, 0.2) is 24.3 Å². The Balaban J connectivity index is 2.59. The predicted octanol–water partition coefficient (Wildman–Crippen LogP) is 1.83. The lowest BCUT2D eigenvalue weighted by Crippen LogP contribution is -2.35. The SMILES string of the molecule is CC(C)(C)NCc1ccccc1OCCC(N)=O. The van der Waals surface area contributed by atoms with E-state index < -0.39 is 0 Å². The van der Waals surface area contributed by atoms with Crippen molar-refractivity contribution in [3.63, 3.8) is 0 Å². The average molecular weight is 250 g/mol. The van der Waals surface area contributed by atoms with Gasteiger partial charge in [0.15, 0.2) is 0 Å². The third kappa shape index (κ3) is 5.68. The van der Waals surface area contributed by atoms with Crippen LogP contribution >= 0.6 is 0 Å². The number of hydrogen-bond acceptors (Lipinski definition) is 3. The van der Waals surface area contributed by atoms with Gasteiger partial charge in [-0.25, -0.2) is 0 Å². The molecule has 0 radical (unpaired) electrons. The zero-order chi connectivity index (χ0) is 13.6. The van der Waals surface area contributed by atoms with E-state index in [4.69, 9.17) is 10.5 Å². The molecule has 0 bridgehead atoms. The standard InChI is InChI=1S/C14H22N2O2/c1-14(2,3)16-10-11-6-4-5-7-12(11)18-9-8-13(15)17/h4-7,16H,8-10H2,1-3H3,(H2,15,17). The molecule has 0 aliphatic rings. The summed E-state index contributed by atoms with van der Waals surface area (Å²) in [6.07, 6.45) is 0.237. The van der Waals surface area contributed by atoms with Crippen LogP contribution in [0.4, 0.5) is 0 Å². The fraction of sp³-hybridized carbons (Fsp3) is 0.500. The Hall–Kier alpha value is -1.55. The number of nitrogens with two attached hydrogens (primary N) is 1. The van der Waals surface area contributed by atoms with Crippen molar-refractivity contribution < 1.29 is 9.53 Å². The van der Waals surface area contributed by atoms with Gasteiger partial charge in [-0.3, -0.25) is 4.79 Å². The lowest BCUT2D eigenvalue weighted by molar-refractivity contribution is -0.118. The second kappa shape index (κ2) is 6.40. The molecule has 0 atom stereocenters. The Morgan fingerprint density at radius 2 is 2.00 bits per heavy atom. The van der Waals surface area contributed by atoms with E-state index >= 15 is 0 Å². The molecule has 0 aliphatic carbocycles. The van der Waals surface area contributed by atoms with Crippen LogP contribution < -0.4 is 15.8 Å². The van der Waals surface area contributed by atoms with Gasteiger partial charge >= 0.3 is 0 Å². The van der Waals surface area contributed by atoms with Crippen molar-refractivity contribution in [1.82, 2.24) is 5.32 Å². The molecule has 0 saturated carbocycles. The molecular weight excluding hydrogens is 228 g/mol. The van der Waals surface area contributed by atoms with Gasteiger partial charge in [-0.15, -0.1) is 0 Å². The first kappa shape index (κ1) is 14.5. The van der Waals surface area contributed by atoms with E-state index in [0.717, 1.165) is 17.9 Å². The summed E-state index contributed by atoms with van der Waals surface area (Å²) < 4.78 is 5.57. The molecule has 100 valence electrons. The van der Waals surface area contributed by atoms with Crippen LogP contribution in [0, 0.1) is 0 Å². The second-order valence-electron chi connectivity index (χ2n) is 5.28. The highest BCUT2D eigenvalue weighted by Gasteiger charge is 2.10. The molecule has 3 N–H and O–H groups in total. The minimum atomic E-state index is -0.347. The summed E-state index contributed by atoms with van der Waals surface area (Å²) in [5, 5.41) is 3.41. The zero-order valence-corrected chi connectivity index (χ0v) is 11.3. The maximum Gasteiger partial charge on any atom is 0.220 e. The molecule has 0 heterocycles. The van der Waals surface area contributed by atoms with Gasteiger partial charge in [-0.1, -0.05) is 18.2 Å². The molecule has 0 saturated heterocycles. The quantitative estimate of drug-likeness (QED) is 0.809. The lowest BCUT2D eigenvalue weighted by Gasteiger charge is -2.21. The molecule has 1 rings (SSSR count). The van der Waals surface area contributed by atoms with Gasteiger partial charge < -0.3 is 15.8 Å². The number of primary amides is 1. The second-order valence-corrected chi connectivity index (χ2v) is 5.28. The number of amides is 1. The topological polar surface area (TPSA) is 64.3 Å². The van der Waals surface area contributed by atoms with Gasteiger partial charge in [-0.2, -0.15) is 0 Å². The van der Waals surface area contributed by atoms with E-state index in [1.54, 1.807) is 0 Å². The number of carbonyl (C=O) groups excluding carboxylic acids is 1. The smallest absolute Gasteiger partial charge is 0.220 e. The van der Waals surface area contributed by atoms with Gasteiger partial charge in [0, 0.05) is 17.6 Å². The summed E-state index contributed by atoms with van der Waals surface area (Å²) in [4.78, 5) is 10.7. The Kier molecular flexibility index (Phi) is 5.16. The molecular formula is C14H22N2O2. The Morgan fingerprint density at radius 1 is 1.33 bits per heavy atom. The number of carbonyl (C=O) groups is 1. The number of benzene rings is 1. The molecule has 1 aromatic carbocycles.